The molecule has 0 aliphatic rings. The molecule has 0 bridgehead atoms. The number of nitrogens with zero attached hydrogens (tertiary/aromatic N) is 3. The number of rotatable bonds is 5. The SMILES string of the molecule is COC(=O)Cn1c(C(C)NC(=O)c2ccccn2)nc2ccccc21. The van der Waals surface area contributed by atoms with Crippen LogP contribution in [0.2, 0.25) is 0 Å². The van der Waals surface area contributed by atoms with E-state index in [9.17, 15) is 9.59 Å². The highest BCUT2D eigenvalue weighted by Gasteiger charge is 2.20. The topological polar surface area (TPSA) is 86.1 Å². The predicted molar refractivity (Wildman–Crippen MR) is 91.9 cm³/mol. The van der Waals surface area contributed by atoms with E-state index in [1.165, 1.54) is 7.11 Å². The summed E-state index contributed by atoms with van der Waals surface area (Å²) in [7, 11) is 1.34. The van der Waals surface area contributed by atoms with Crippen LogP contribution in [0.5, 0.6) is 0 Å². The third-order valence-electron chi connectivity index (χ3n) is 3.83. The van der Waals surface area contributed by atoms with Crippen molar-refractivity contribution in [3.05, 3.63) is 60.2 Å². The second-order valence-electron chi connectivity index (χ2n) is 5.53. The van der Waals surface area contributed by atoms with Crippen LogP contribution < -0.4 is 5.32 Å². The summed E-state index contributed by atoms with van der Waals surface area (Å²) in [5.41, 5.74) is 1.88. The number of ether oxygens (including phenoxy) is 1. The van der Waals surface area contributed by atoms with Crippen LogP contribution in [0.3, 0.4) is 0 Å². The number of hydrogen-bond donors (Lipinski definition) is 1. The molecule has 3 rings (SSSR count). The molecule has 1 N–H and O–H groups in total. The number of pyridine rings is 1. The van der Waals surface area contributed by atoms with Gasteiger partial charge in [-0.3, -0.25) is 14.6 Å². The number of carbonyl (C=O) groups excluding carboxylic acids is 2. The quantitative estimate of drug-likeness (QED) is 0.720. The van der Waals surface area contributed by atoms with Gasteiger partial charge in [0.25, 0.3) is 5.91 Å². The van der Waals surface area contributed by atoms with Crippen molar-refractivity contribution in [2.24, 2.45) is 0 Å². The van der Waals surface area contributed by atoms with E-state index in [4.69, 9.17) is 4.74 Å². The van der Waals surface area contributed by atoms with Gasteiger partial charge >= 0.3 is 5.97 Å². The maximum Gasteiger partial charge on any atom is 0.325 e. The molecule has 0 spiro atoms. The summed E-state index contributed by atoms with van der Waals surface area (Å²) in [6.45, 7) is 1.84. The van der Waals surface area contributed by atoms with E-state index in [0.717, 1.165) is 11.0 Å². The Bertz CT molecular complexity index is 905. The van der Waals surface area contributed by atoms with Crippen molar-refractivity contribution in [3.63, 3.8) is 0 Å². The number of para-hydroxylation sites is 2. The highest BCUT2D eigenvalue weighted by Crippen LogP contribution is 2.21. The van der Waals surface area contributed by atoms with Crippen molar-refractivity contribution >= 4 is 22.9 Å². The van der Waals surface area contributed by atoms with Crippen molar-refractivity contribution in [2.45, 2.75) is 19.5 Å². The van der Waals surface area contributed by atoms with Gasteiger partial charge in [0.15, 0.2) is 0 Å². The first-order chi connectivity index (χ1) is 12.1. The molecule has 0 radical (unpaired) electrons. The lowest BCUT2D eigenvalue weighted by atomic mass is 10.2. The molecule has 0 aliphatic heterocycles. The van der Waals surface area contributed by atoms with Gasteiger partial charge in [-0.2, -0.15) is 0 Å². The lowest BCUT2D eigenvalue weighted by molar-refractivity contribution is -0.141. The molecule has 0 fully saturated rings. The largest absolute Gasteiger partial charge is 0.468 e. The molecule has 0 saturated carbocycles. The third kappa shape index (κ3) is 3.50. The first-order valence-corrected chi connectivity index (χ1v) is 7.84. The number of aromatic nitrogens is 3. The van der Waals surface area contributed by atoms with Crippen molar-refractivity contribution in [3.8, 4) is 0 Å². The molecule has 0 aliphatic carbocycles. The zero-order valence-electron chi connectivity index (χ0n) is 14.0. The first-order valence-electron chi connectivity index (χ1n) is 7.84. The van der Waals surface area contributed by atoms with Crippen LogP contribution in [0.4, 0.5) is 0 Å². The number of imidazole rings is 1. The van der Waals surface area contributed by atoms with E-state index in [1.54, 1.807) is 29.0 Å². The fraction of sp³-hybridized carbons (Fsp3) is 0.222. The Morgan fingerprint density at radius 2 is 1.96 bits per heavy atom. The molecule has 1 atom stereocenters. The molecule has 7 nitrogen and oxygen atoms in total. The molecule has 128 valence electrons. The fourth-order valence-electron chi connectivity index (χ4n) is 2.62. The predicted octanol–water partition coefficient (Wildman–Crippen LogP) is 2.10. The zero-order chi connectivity index (χ0) is 17.8. The van der Waals surface area contributed by atoms with Gasteiger partial charge in [-0.25, -0.2) is 4.98 Å². The number of methoxy groups -OCH3 is 1. The molecular weight excluding hydrogens is 320 g/mol. The van der Waals surface area contributed by atoms with Crippen LogP contribution in [0.15, 0.2) is 48.7 Å². The number of carbonyl (C=O) groups is 2. The second kappa shape index (κ2) is 7.12. The van der Waals surface area contributed by atoms with Gasteiger partial charge in [-0.05, 0) is 31.2 Å². The lowest BCUT2D eigenvalue weighted by Gasteiger charge is -2.15. The van der Waals surface area contributed by atoms with Crippen LogP contribution >= 0.6 is 0 Å². The Hall–Kier alpha value is -3.22. The van der Waals surface area contributed by atoms with E-state index in [2.05, 4.69) is 15.3 Å². The summed E-state index contributed by atoms with van der Waals surface area (Å²) in [4.78, 5) is 32.7. The van der Waals surface area contributed by atoms with Gasteiger partial charge < -0.3 is 14.6 Å². The number of nitrogens with one attached hydrogen (secondary N) is 1. The summed E-state index contributed by atoms with van der Waals surface area (Å²) in [6, 6.07) is 12.2. The molecule has 3 aromatic rings. The van der Waals surface area contributed by atoms with Crippen molar-refractivity contribution in [1.82, 2.24) is 19.9 Å². The average Bonchev–Trinajstić information content (AvgIpc) is 3.01. The molecular formula is C18H18N4O3. The van der Waals surface area contributed by atoms with E-state index >= 15 is 0 Å². The first kappa shape index (κ1) is 16.6. The van der Waals surface area contributed by atoms with Gasteiger partial charge in [0, 0.05) is 6.20 Å². The van der Waals surface area contributed by atoms with E-state index in [-0.39, 0.29) is 18.4 Å². The smallest absolute Gasteiger partial charge is 0.325 e. The Kier molecular flexibility index (Phi) is 4.74. The fourth-order valence-corrected chi connectivity index (χ4v) is 2.62. The maximum absolute atomic E-state index is 12.3. The lowest BCUT2D eigenvalue weighted by Crippen LogP contribution is -2.30. The average molecular weight is 338 g/mol. The number of amides is 1. The van der Waals surface area contributed by atoms with E-state index in [1.807, 2.05) is 31.2 Å². The normalized spacial score (nSPS) is 11.9. The second-order valence-corrected chi connectivity index (χ2v) is 5.53. The van der Waals surface area contributed by atoms with Crippen LogP contribution in [-0.4, -0.2) is 33.5 Å². The van der Waals surface area contributed by atoms with Gasteiger partial charge in [-0.15, -0.1) is 0 Å². The summed E-state index contributed by atoms with van der Waals surface area (Å²) < 4.78 is 6.53. The Labute approximate surface area is 144 Å². The Balaban J connectivity index is 1.92. The van der Waals surface area contributed by atoms with E-state index in [0.29, 0.717) is 11.5 Å². The number of hydrogen-bond acceptors (Lipinski definition) is 5. The Morgan fingerprint density at radius 1 is 1.20 bits per heavy atom. The van der Waals surface area contributed by atoms with Gasteiger partial charge in [0.2, 0.25) is 0 Å². The highest BCUT2D eigenvalue weighted by atomic mass is 16.5. The van der Waals surface area contributed by atoms with Gasteiger partial charge in [0.05, 0.1) is 24.2 Å². The van der Waals surface area contributed by atoms with Crippen LogP contribution in [0.1, 0.15) is 29.3 Å². The third-order valence-corrected chi connectivity index (χ3v) is 3.83. The minimum absolute atomic E-state index is 0.0240. The minimum Gasteiger partial charge on any atom is -0.468 e. The molecule has 2 heterocycles. The molecule has 1 unspecified atom stereocenters. The summed E-state index contributed by atoms with van der Waals surface area (Å²) >= 11 is 0. The zero-order valence-corrected chi connectivity index (χ0v) is 14.0. The van der Waals surface area contributed by atoms with Crippen LogP contribution in [0, 0.1) is 0 Å². The van der Waals surface area contributed by atoms with Crippen molar-refractivity contribution in [1.29, 1.82) is 0 Å². The standard InChI is InChI=1S/C18H18N4O3/c1-12(20-18(24)14-8-5-6-10-19-14)17-21-13-7-3-4-9-15(13)22(17)11-16(23)25-2/h3-10,12H,11H2,1-2H3,(H,20,24). The number of esters is 1. The molecule has 1 amide bonds. The van der Waals surface area contributed by atoms with Crippen molar-refractivity contribution in [2.75, 3.05) is 7.11 Å². The molecule has 7 heteroatoms. The highest BCUT2D eigenvalue weighted by molar-refractivity contribution is 5.92. The van der Waals surface area contributed by atoms with Crippen LogP contribution in [-0.2, 0) is 16.1 Å². The van der Waals surface area contributed by atoms with Gasteiger partial charge in [0.1, 0.15) is 18.1 Å². The van der Waals surface area contributed by atoms with E-state index < -0.39 is 6.04 Å². The summed E-state index contributed by atoms with van der Waals surface area (Å²) in [5, 5.41) is 2.87. The monoisotopic (exact) mass is 338 g/mol. The minimum atomic E-state index is -0.411. The number of benzene rings is 1. The molecule has 25 heavy (non-hydrogen) atoms. The number of fused-ring (bicyclic) bond motifs is 1. The van der Waals surface area contributed by atoms with Crippen LogP contribution in [0.25, 0.3) is 11.0 Å². The maximum atomic E-state index is 12.3. The molecule has 0 saturated heterocycles. The molecule has 2 aromatic heterocycles. The molecule has 1 aromatic carbocycles. The summed E-state index contributed by atoms with van der Waals surface area (Å²) in [5.74, 6) is -0.103. The summed E-state index contributed by atoms with van der Waals surface area (Å²) in [6.07, 6.45) is 1.56. The van der Waals surface area contributed by atoms with Gasteiger partial charge in [-0.1, -0.05) is 18.2 Å². The Morgan fingerprint density at radius 3 is 2.68 bits per heavy atom. The van der Waals surface area contributed by atoms with Crippen molar-refractivity contribution < 1.29 is 14.3 Å².